The molecule has 4 atom stereocenters. The Morgan fingerprint density at radius 2 is 1.65 bits per heavy atom. The number of ether oxygens (including phenoxy) is 1. The minimum Gasteiger partial charge on any atom is -0.481 e. The number of carboxylic acid groups (broad SMARTS) is 1. The molecule has 0 spiro atoms. The van der Waals surface area contributed by atoms with Crippen molar-refractivity contribution in [2.24, 2.45) is 17.8 Å². The number of carbonyl (C=O) groups is 3. The van der Waals surface area contributed by atoms with E-state index in [4.69, 9.17) is 9.84 Å². The molecule has 2 aromatic rings. The molecule has 0 radical (unpaired) electrons. The second-order valence-electron chi connectivity index (χ2n) is 9.36. The van der Waals surface area contributed by atoms with Crippen molar-refractivity contribution in [1.82, 2.24) is 10.6 Å². The number of aliphatic carboxylic acids is 1. The number of hydrogen-bond donors (Lipinski definition) is 3. The quantitative estimate of drug-likeness (QED) is 0.547. The highest BCUT2D eigenvalue weighted by Gasteiger charge is 2.43. The van der Waals surface area contributed by atoms with Crippen LogP contribution in [0.1, 0.15) is 36.3 Å². The second-order valence-corrected chi connectivity index (χ2v) is 9.36. The number of alkyl carbamates (subject to hydrolysis) is 1. The van der Waals surface area contributed by atoms with Crippen molar-refractivity contribution in [3.05, 3.63) is 71.8 Å². The number of amides is 2. The maximum absolute atomic E-state index is 12.6. The summed E-state index contributed by atoms with van der Waals surface area (Å²) in [6.45, 7) is 0.632. The number of nitrogens with one attached hydrogen (secondary N) is 2. The number of carboxylic acids is 1. The zero-order valence-corrected chi connectivity index (χ0v) is 18.8. The maximum atomic E-state index is 12.6. The molecule has 5 rings (SSSR count). The normalized spacial score (nSPS) is 24.6. The van der Waals surface area contributed by atoms with Gasteiger partial charge in [0.05, 0.1) is 12.0 Å². The lowest BCUT2D eigenvalue weighted by atomic mass is 9.90. The first kappa shape index (κ1) is 22.2. The van der Waals surface area contributed by atoms with Gasteiger partial charge in [-0.15, -0.1) is 0 Å². The Bertz CT molecular complexity index is 1100. The largest absolute Gasteiger partial charge is 0.481 e. The molecule has 3 aliphatic carbocycles. The minimum absolute atomic E-state index is 0.00405. The van der Waals surface area contributed by atoms with Crippen LogP contribution in [0.2, 0.25) is 0 Å². The molecular weight excluding hydrogens is 432 g/mol. The minimum atomic E-state index is -0.799. The molecule has 0 unspecified atom stereocenters. The molecule has 0 heterocycles. The van der Waals surface area contributed by atoms with Crippen LogP contribution in [-0.2, 0) is 14.3 Å². The predicted octanol–water partition coefficient (Wildman–Crippen LogP) is 3.70. The number of allylic oxidation sites excluding steroid dienone is 1. The van der Waals surface area contributed by atoms with Crippen LogP contribution in [0.25, 0.3) is 11.1 Å². The molecule has 0 bridgehead atoms. The Balaban J connectivity index is 1.12. The molecule has 1 fully saturated rings. The molecule has 34 heavy (non-hydrogen) atoms. The molecule has 0 aromatic heterocycles. The van der Waals surface area contributed by atoms with Gasteiger partial charge in [-0.1, -0.05) is 60.7 Å². The third-order valence-electron chi connectivity index (χ3n) is 7.12. The SMILES string of the molecule is O=C(N[C@@H]1C=CC[C@@H](C(=O)NC[C@H]2C[C@H]2C(=O)O)C1)OCC1c2ccccc2-c2ccccc21. The average molecular weight is 461 g/mol. The number of carbonyl (C=O) groups excluding carboxylic acids is 2. The molecule has 2 aromatic carbocycles. The highest BCUT2D eigenvalue weighted by Crippen LogP contribution is 2.44. The van der Waals surface area contributed by atoms with E-state index in [0.717, 1.165) is 11.1 Å². The summed E-state index contributed by atoms with van der Waals surface area (Å²) in [4.78, 5) is 36.1. The summed E-state index contributed by atoms with van der Waals surface area (Å²) in [6.07, 6.45) is 5.00. The van der Waals surface area contributed by atoms with Crippen molar-refractivity contribution in [2.45, 2.75) is 31.2 Å². The van der Waals surface area contributed by atoms with E-state index in [-0.39, 0.29) is 42.2 Å². The number of hydrogen-bond acceptors (Lipinski definition) is 4. The molecule has 7 nitrogen and oxygen atoms in total. The maximum Gasteiger partial charge on any atom is 0.407 e. The van der Waals surface area contributed by atoms with Crippen LogP contribution in [0, 0.1) is 17.8 Å². The summed E-state index contributed by atoms with van der Waals surface area (Å²) in [7, 11) is 0. The zero-order chi connectivity index (χ0) is 23.7. The van der Waals surface area contributed by atoms with Crippen LogP contribution in [0.3, 0.4) is 0 Å². The number of rotatable bonds is 7. The van der Waals surface area contributed by atoms with E-state index in [1.54, 1.807) is 0 Å². The van der Waals surface area contributed by atoms with Crippen LogP contribution in [0.15, 0.2) is 60.7 Å². The van der Waals surface area contributed by atoms with Gasteiger partial charge in [-0.05, 0) is 47.4 Å². The summed E-state index contributed by atoms with van der Waals surface area (Å²) in [5, 5.41) is 14.7. The highest BCUT2D eigenvalue weighted by atomic mass is 16.5. The van der Waals surface area contributed by atoms with Crippen molar-refractivity contribution in [1.29, 1.82) is 0 Å². The molecule has 3 aliphatic rings. The Hall–Kier alpha value is -3.61. The van der Waals surface area contributed by atoms with E-state index in [2.05, 4.69) is 34.9 Å². The van der Waals surface area contributed by atoms with Crippen molar-refractivity contribution in [2.75, 3.05) is 13.2 Å². The van der Waals surface area contributed by atoms with Crippen LogP contribution in [0.4, 0.5) is 4.79 Å². The van der Waals surface area contributed by atoms with Gasteiger partial charge in [-0.2, -0.15) is 0 Å². The molecular formula is C27H28N2O5. The fourth-order valence-corrected chi connectivity index (χ4v) is 5.15. The highest BCUT2D eigenvalue weighted by molar-refractivity contribution is 5.80. The van der Waals surface area contributed by atoms with Crippen LogP contribution < -0.4 is 10.6 Å². The smallest absolute Gasteiger partial charge is 0.407 e. The molecule has 176 valence electrons. The lowest BCUT2D eigenvalue weighted by Crippen LogP contribution is -2.41. The van der Waals surface area contributed by atoms with Crippen LogP contribution >= 0.6 is 0 Å². The molecule has 0 aliphatic heterocycles. The van der Waals surface area contributed by atoms with Gasteiger partial charge in [-0.3, -0.25) is 9.59 Å². The molecule has 0 saturated heterocycles. The Morgan fingerprint density at radius 3 is 2.29 bits per heavy atom. The van der Waals surface area contributed by atoms with E-state index in [1.807, 2.05) is 36.4 Å². The van der Waals surface area contributed by atoms with Gasteiger partial charge in [-0.25, -0.2) is 4.79 Å². The van der Waals surface area contributed by atoms with E-state index >= 15 is 0 Å². The second kappa shape index (κ2) is 9.33. The monoisotopic (exact) mass is 460 g/mol. The van der Waals surface area contributed by atoms with Gasteiger partial charge in [0.1, 0.15) is 6.61 Å². The first-order valence-electron chi connectivity index (χ1n) is 11.8. The Kier molecular flexibility index (Phi) is 6.09. The van der Waals surface area contributed by atoms with Crippen LogP contribution in [-0.4, -0.2) is 42.3 Å². The first-order chi connectivity index (χ1) is 16.5. The van der Waals surface area contributed by atoms with Crippen molar-refractivity contribution in [3.8, 4) is 11.1 Å². The standard InChI is InChI=1S/C27H28N2O5/c30-25(28-14-17-13-23(17)26(31)32)16-6-5-7-18(12-16)29-27(33)34-15-24-21-10-3-1-8-19(21)20-9-2-4-11-22(20)24/h1-5,7-11,16-18,23-24H,6,12-15H2,(H,28,30)(H,29,33)(H,31,32)/t16-,17-,18-,23-/m1/s1. The number of fused-ring (bicyclic) bond motifs is 3. The first-order valence-corrected chi connectivity index (χ1v) is 11.8. The molecule has 3 N–H and O–H groups in total. The Labute approximate surface area is 198 Å². The zero-order valence-electron chi connectivity index (χ0n) is 18.8. The summed E-state index contributed by atoms with van der Waals surface area (Å²) in [5.74, 6) is -1.47. The van der Waals surface area contributed by atoms with Crippen molar-refractivity contribution >= 4 is 18.0 Å². The fourth-order valence-electron chi connectivity index (χ4n) is 5.15. The Morgan fingerprint density at radius 1 is 0.971 bits per heavy atom. The van der Waals surface area contributed by atoms with E-state index in [0.29, 0.717) is 25.8 Å². The summed E-state index contributed by atoms with van der Waals surface area (Å²) in [6, 6.07) is 16.1. The third kappa shape index (κ3) is 4.55. The van der Waals surface area contributed by atoms with Gasteiger partial charge < -0.3 is 20.5 Å². The van der Waals surface area contributed by atoms with Gasteiger partial charge >= 0.3 is 12.1 Å². The summed E-state index contributed by atoms with van der Waals surface area (Å²) >= 11 is 0. The molecule has 7 heteroatoms. The van der Waals surface area contributed by atoms with Crippen LogP contribution in [0.5, 0.6) is 0 Å². The average Bonchev–Trinajstić information content (AvgIpc) is 3.57. The topological polar surface area (TPSA) is 105 Å². The number of benzene rings is 2. The fraction of sp³-hybridized carbons (Fsp3) is 0.370. The van der Waals surface area contributed by atoms with Gasteiger partial charge in [0.25, 0.3) is 0 Å². The van der Waals surface area contributed by atoms with Gasteiger partial charge in [0.2, 0.25) is 5.91 Å². The predicted molar refractivity (Wildman–Crippen MR) is 126 cm³/mol. The molecule has 2 amide bonds. The van der Waals surface area contributed by atoms with E-state index < -0.39 is 12.1 Å². The van der Waals surface area contributed by atoms with Crippen molar-refractivity contribution in [3.63, 3.8) is 0 Å². The van der Waals surface area contributed by atoms with Gasteiger partial charge in [0, 0.05) is 18.4 Å². The third-order valence-corrected chi connectivity index (χ3v) is 7.12. The van der Waals surface area contributed by atoms with E-state index in [9.17, 15) is 14.4 Å². The lowest BCUT2D eigenvalue weighted by molar-refractivity contribution is -0.139. The summed E-state index contributed by atoms with van der Waals surface area (Å²) < 4.78 is 5.62. The summed E-state index contributed by atoms with van der Waals surface area (Å²) in [5.41, 5.74) is 4.67. The van der Waals surface area contributed by atoms with Gasteiger partial charge in [0.15, 0.2) is 0 Å². The van der Waals surface area contributed by atoms with Crippen molar-refractivity contribution < 1.29 is 24.2 Å². The molecule has 1 saturated carbocycles. The van der Waals surface area contributed by atoms with E-state index in [1.165, 1.54) is 11.1 Å². The lowest BCUT2D eigenvalue weighted by Gasteiger charge is -2.25.